The van der Waals surface area contributed by atoms with Crippen LogP contribution in [-0.4, -0.2) is 0 Å². The van der Waals surface area contributed by atoms with E-state index >= 15 is 0 Å². The molecule has 1 aromatic heterocycles. The van der Waals surface area contributed by atoms with Crippen molar-refractivity contribution in [3.8, 4) is 0 Å². The van der Waals surface area contributed by atoms with E-state index in [9.17, 15) is 0 Å². The van der Waals surface area contributed by atoms with Crippen molar-refractivity contribution in [2.24, 2.45) is 0 Å². The van der Waals surface area contributed by atoms with Gasteiger partial charge in [0.05, 0.1) is 4.34 Å². The van der Waals surface area contributed by atoms with Crippen LogP contribution in [0.5, 0.6) is 0 Å². The largest absolute Gasteiger partial charge is 0.124 e. The van der Waals surface area contributed by atoms with Crippen molar-refractivity contribution in [2.45, 2.75) is 0 Å². The van der Waals surface area contributed by atoms with Gasteiger partial charge in [-0.2, -0.15) is 0 Å². The normalized spacial score (nSPS) is 9.12. The molecule has 0 radical (unpaired) electrons. The van der Waals surface area contributed by atoms with Crippen LogP contribution in [-0.2, 0) is 0 Å². The lowest BCUT2D eigenvalue weighted by atomic mass is 10.5. The number of hydrogen-bond donors (Lipinski definition) is 0. The number of rotatable bonds is 1. The van der Waals surface area contributed by atoms with E-state index in [1.54, 1.807) is 6.08 Å². The smallest absolute Gasteiger partial charge is 0.0934 e. The second-order valence-electron chi connectivity index (χ2n) is 1.35. The summed E-state index contributed by atoms with van der Waals surface area (Å²) in [4.78, 5) is 1.12. The standard InChI is InChI=1S/C6H5ClS/c1-2-5-3-4-6(7)8-5/h2-4H,1H2. The Morgan fingerprint density at radius 2 is 2.38 bits per heavy atom. The minimum absolute atomic E-state index is 0.819. The summed E-state index contributed by atoms with van der Waals surface area (Å²) in [5.41, 5.74) is 0. The molecule has 0 aliphatic rings. The quantitative estimate of drug-likeness (QED) is 0.569. The fourth-order valence-electron chi connectivity index (χ4n) is 0.438. The van der Waals surface area contributed by atoms with Crippen LogP contribution in [0.25, 0.3) is 6.08 Å². The average molecular weight is 145 g/mol. The van der Waals surface area contributed by atoms with Crippen LogP contribution in [0.3, 0.4) is 0 Å². The first-order chi connectivity index (χ1) is 3.83. The fraction of sp³-hybridized carbons (Fsp3) is 0. The van der Waals surface area contributed by atoms with Gasteiger partial charge in [0.1, 0.15) is 0 Å². The molecule has 0 fully saturated rings. The van der Waals surface area contributed by atoms with E-state index in [0.29, 0.717) is 0 Å². The van der Waals surface area contributed by atoms with E-state index in [1.165, 1.54) is 11.3 Å². The van der Waals surface area contributed by atoms with E-state index in [0.717, 1.165) is 9.21 Å². The molecule has 0 unspecified atom stereocenters. The molecule has 0 saturated heterocycles. The van der Waals surface area contributed by atoms with E-state index in [-0.39, 0.29) is 0 Å². The van der Waals surface area contributed by atoms with Crippen LogP contribution in [0, 0.1) is 0 Å². The van der Waals surface area contributed by atoms with Crippen molar-refractivity contribution < 1.29 is 0 Å². The third kappa shape index (κ3) is 1.11. The minimum atomic E-state index is 0.819. The van der Waals surface area contributed by atoms with Crippen LogP contribution in [0.4, 0.5) is 0 Å². The van der Waals surface area contributed by atoms with Crippen LogP contribution >= 0.6 is 22.9 Å². The summed E-state index contributed by atoms with van der Waals surface area (Å²) in [6.07, 6.45) is 1.79. The molecule has 0 atom stereocenters. The molecule has 0 bridgehead atoms. The first-order valence-corrected chi connectivity index (χ1v) is 3.40. The van der Waals surface area contributed by atoms with E-state index in [2.05, 4.69) is 6.58 Å². The molecular weight excluding hydrogens is 140 g/mol. The van der Waals surface area contributed by atoms with Crippen molar-refractivity contribution in [1.29, 1.82) is 0 Å². The van der Waals surface area contributed by atoms with Crippen molar-refractivity contribution >= 4 is 29.0 Å². The molecule has 0 spiro atoms. The van der Waals surface area contributed by atoms with Gasteiger partial charge in [-0.05, 0) is 12.1 Å². The van der Waals surface area contributed by atoms with Crippen LogP contribution in [0.15, 0.2) is 18.7 Å². The Labute approximate surface area is 57.4 Å². The topological polar surface area (TPSA) is 0 Å². The Bertz CT molecular complexity index is 190. The number of hydrogen-bond acceptors (Lipinski definition) is 1. The lowest BCUT2D eigenvalue weighted by Crippen LogP contribution is -1.45. The molecule has 0 aliphatic heterocycles. The first kappa shape index (κ1) is 5.86. The molecule has 42 valence electrons. The lowest BCUT2D eigenvalue weighted by Gasteiger charge is -1.73. The highest BCUT2D eigenvalue weighted by molar-refractivity contribution is 7.16. The Balaban J connectivity index is 3.00. The molecular formula is C6H5ClS. The fourth-order valence-corrected chi connectivity index (χ4v) is 1.35. The molecule has 0 aromatic carbocycles. The Morgan fingerprint density at radius 1 is 1.62 bits per heavy atom. The first-order valence-electron chi connectivity index (χ1n) is 2.20. The highest BCUT2D eigenvalue weighted by Crippen LogP contribution is 2.21. The zero-order valence-corrected chi connectivity index (χ0v) is 5.80. The summed E-state index contributed by atoms with van der Waals surface area (Å²) in [5.74, 6) is 0. The van der Waals surface area contributed by atoms with Gasteiger partial charge in [0.15, 0.2) is 0 Å². The number of halogens is 1. The van der Waals surface area contributed by atoms with E-state index in [1.807, 2.05) is 12.1 Å². The second-order valence-corrected chi connectivity index (χ2v) is 3.09. The van der Waals surface area contributed by atoms with E-state index < -0.39 is 0 Å². The van der Waals surface area contributed by atoms with Crippen LogP contribution in [0.1, 0.15) is 4.88 Å². The summed E-state index contributed by atoms with van der Waals surface area (Å²) in [6.45, 7) is 3.60. The average Bonchev–Trinajstić information content (AvgIpc) is 2.14. The second kappa shape index (κ2) is 2.33. The molecule has 0 N–H and O–H groups in total. The Morgan fingerprint density at radius 3 is 2.62 bits per heavy atom. The monoisotopic (exact) mass is 144 g/mol. The zero-order chi connectivity index (χ0) is 5.98. The third-order valence-corrected chi connectivity index (χ3v) is 2.02. The maximum Gasteiger partial charge on any atom is 0.0934 e. The van der Waals surface area contributed by atoms with Gasteiger partial charge < -0.3 is 0 Å². The van der Waals surface area contributed by atoms with Gasteiger partial charge in [0.2, 0.25) is 0 Å². The molecule has 8 heavy (non-hydrogen) atoms. The van der Waals surface area contributed by atoms with Gasteiger partial charge >= 0.3 is 0 Å². The van der Waals surface area contributed by atoms with Gasteiger partial charge in [0.25, 0.3) is 0 Å². The predicted molar refractivity (Wildman–Crippen MR) is 39.4 cm³/mol. The summed E-state index contributed by atoms with van der Waals surface area (Å²) in [5, 5.41) is 0. The number of thiophene rings is 1. The van der Waals surface area contributed by atoms with Gasteiger partial charge in [-0.25, -0.2) is 0 Å². The summed E-state index contributed by atoms with van der Waals surface area (Å²) < 4.78 is 0.819. The van der Waals surface area contributed by atoms with Crippen LogP contribution in [0.2, 0.25) is 4.34 Å². The van der Waals surface area contributed by atoms with Crippen molar-refractivity contribution in [3.05, 3.63) is 27.9 Å². The molecule has 0 nitrogen and oxygen atoms in total. The van der Waals surface area contributed by atoms with Gasteiger partial charge in [-0.3, -0.25) is 0 Å². The highest BCUT2D eigenvalue weighted by Gasteiger charge is 1.89. The molecule has 0 aliphatic carbocycles. The molecule has 0 saturated carbocycles. The summed E-state index contributed by atoms with van der Waals surface area (Å²) in [6, 6.07) is 3.81. The SMILES string of the molecule is C=Cc1ccc(Cl)s1. The third-order valence-electron chi connectivity index (χ3n) is 0.795. The molecule has 1 heterocycles. The Hall–Kier alpha value is -0.270. The van der Waals surface area contributed by atoms with Gasteiger partial charge in [0, 0.05) is 4.88 Å². The van der Waals surface area contributed by atoms with Crippen molar-refractivity contribution in [2.75, 3.05) is 0 Å². The molecule has 1 rings (SSSR count). The molecule has 0 amide bonds. The van der Waals surface area contributed by atoms with Crippen LogP contribution < -0.4 is 0 Å². The van der Waals surface area contributed by atoms with E-state index in [4.69, 9.17) is 11.6 Å². The predicted octanol–water partition coefficient (Wildman–Crippen LogP) is 3.04. The highest BCUT2D eigenvalue weighted by atomic mass is 35.5. The van der Waals surface area contributed by atoms with Crippen molar-refractivity contribution in [3.63, 3.8) is 0 Å². The van der Waals surface area contributed by atoms with Crippen molar-refractivity contribution in [1.82, 2.24) is 0 Å². The maximum atomic E-state index is 5.61. The zero-order valence-electron chi connectivity index (χ0n) is 4.23. The van der Waals surface area contributed by atoms with Gasteiger partial charge in [-0.15, -0.1) is 11.3 Å². The summed E-state index contributed by atoms with van der Waals surface area (Å²) in [7, 11) is 0. The molecule has 2 heteroatoms. The Kier molecular flexibility index (Phi) is 1.71. The summed E-state index contributed by atoms with van der Waals surface area (Å²) >= 11 is 7.15. The van der Waals surface area contributed by atoms with Gasteiger partial charge in [-0.1, -0.05) is 24.3 Å². The maximum absolute atomic E-state index is 5.61. The minimum Gasteiger partial charge on any atom is -0.124 e. The lowest BCUT2D eigenvalue weighted by molar-refractivity contribution is 1.96. The molecule has 1 aromatic rings.